The van der Waals surface area contributed by atoms with Crippen molar-refractivity contribution in [1.82, 2.24) is 15.0 Å². The van der Waals surface area contributed by atoms with Gasteiger partial charge in [-0.15, -0.1) is 0 Å². The Balaban J connectivity index is 0.000000167. The van der Waals surface area contributed by atoms with E-state index in [9.17, 15) is 0 Å². The van der Waals surface area contributed by atoms with Crippen LogP contribution in [0, 0.1) is 27.7 Å². The lowest BCUT2D eigenvalue weighted by Gasteiger charge is -2.05. The average Bonchev–Trinajstić information content (AvgIpc) is 2.61. The first-order valence-electron chi connectivity index (χ1n) is 8.73. The van der Waals surface area contributed by atoms with Crippen molar-refractivity contribution < 1.29 is 0 Å². The van der Waals surface area contributed by atoms with E-state index in [0.717, 1.165) is 23.0 Å². The second-order valence-corrected chi connectivity index (χ2v) is 6.48. The van der Waals surface area contributed by atoms with Crippen LogP contribution in [0.3, 0.4) is 0 Å². The Hall–Kier alpha value is -3.07. The maximum Gasteiger partial charge on any atom is 0.163 e. The van der Waals surface area contributed by atoms with Crippen molar-refractivity contribution in [1.29, 1.82) is 0 Å². The number of nitrogens with zero attached hydrogens (tertiary/aromatic N) is 3. The first-order valence-corrected chi connectivity index (χ1v) is 8.73. The molecule has 0 saturated carbocycles. The molecule has 0 unspecified atom stereocenters. The van der Waals surface area contributed by atoms with Crippen LogP contribution in [0.5, 0.6) is 0 Å². The maximum atomic E-state index is 4.36. The van der Waals surface area contributed by atoms with E-state index >= 15 is 0 Å². The van der Waals surface area contributed by atoms with Gasteiger partial charge < -0.3 is 0 Å². The molecule has 1 aromatic heterocycles. The molecule has 0 aliphatic heterocycles. The molecule has 0 atom stereocenters. The molecule has 0 aliphatic rings. The highest BCUT2D eigenvalue weighted by molar-refractivity contribution is 5.82. The van der Waals surface area contributed by atoms with Crippen LogP contribution in [0.4, 0.5) is 0 Å². The van der Waals surface area contributed by atoms with E-state index in [1.807, 2.05) is 13.8 Å². The van der Waals surface area contributed by atoms with Gasteiger partial charge in [-0.1, -0.05) is 65.7 Å². The Morgan fingerprint density at radius 2 is 0.962 bits per heavy atom. The standard InChI is InChI=1S/C13H15N3.C10H8/c1-8-5-9(2)7-12(6-8)13-15-10(3)14-11(4)16-13;1-2-6-10-8-4-3-7-9(10)5-1/h5-7H,1-4H3;1-8H. The van der Waals surface area contributed by atoms with Crippen molar-refractivity contribution in [2.75, 3.05) is 0 Å². The molecule has 0 spiro atoms. The van der Waals surface area contributed by atoms with Crippen LogP contribution in [0.2, 0.25) is 0 Å². The predicted octanol–water partition coefficient (Wildman–Crippen LogP) is 5.61. The van der Waals surface area contributed by atoms with Crippen LogP contribution in [-0.4, -0.2) is 15.0 Å². The van der Waals surface area contributed by atoms with Gasteiger partial charge >= 0.3 is 0 Å². The quantitative estimate of drug-likeness (QED) is 0.451. The number of benzene rings is 3. The number of fused-ring (bicyclic) bond motifs is 1. The molecule has 1 heterocycles. The van der Waals surface area contributed by atoms with Crippen molar-refractivity contribution in [2.24, 2.45) is 0 Å². The van der Waals surface area contributed by atoms with Crippen LogP contribution < -0.4 is 0 Å². The zero-order valence-electron chi connectivity index (χ0n) is 15.7. The molecule has 0 N–H and O–H groups in total. The van der Waals surface area contributed by atoms with E-state index < -0.39 is 0 Å². The minimum atomic E-state index is 0.761. The molecule has 3 heteroatoms. The van der Waals surface area contributed by atoms with Crippen LogP contribution in [0.25, 0.3) is 22.2 Å². The molecule has 0 radical (unpaired) electrons. The highest BCUT2D eigenvalue weighted by Crippen LogP contribution is 2.18. The third-order valence-corrected chi connectivity index (χ3v) is 4.00. The van der Waals surface area contributed by atoms with E-state index in [1.54, 1.807) is 0 Å². The largest absolute Gasteiger partial charge is 0.219 e. The smallest absolute Gasteiger partial charge is 0.163 e. The van der Waals surface area contributed by atoms with Gasteiger partial charge in [-0.3, -0.25) is 0 Å². The van der Waals surface area contributed by atoms with Gasteiger partial charge in [0, 0.05) is 5.56 Å². The van der Waals surface area contributed by atoms with Crippen LogP contribution in [0.15, 0.2) is 66.7 Å². The summed E-state index contributed by atoms with van der Waals surface area (Å²) >= 11 is 0. The molecule has 0 bridgehead atoms. The molecule has 0 amide bonds. The van der Waals surface area contributed by atoms with Gasteiger partial charge in [0.2, 0.25) is 0 Å². The molecule has 3 nitrogen and oxygen atoms in total. The van der Waals surface area contributed by atoms with E-state index in [2.05, 4.69) is 95.5 Å². The van der Waals surface area contributed by atoms with Gasteiger partial charge in [0.05, 0.1) is 0 Å². The summed E-state index contributed by atoms with van der Waals surface area (Å²) < 4.78 is 0. The lowest BCUT2D eigenvalue weighted by molar-refractivity contribution is 0.928. The first-order chi connectivity index (χ1) is 12.5. The minimum absolute atomic E-state index is 0.761. The average molecular weight is 341 g/mol. The predicted molar refractivity (Wildman–Crippen MR) is 108 cm³/mol. The molecular weight excluding hydrogens is 318 g/mol. The molecular formula is C23H23N3. The fourth-order valence-electron chi connectivity index (χ4n) is 2.98. The molecule has 4 aromatic rings. The van der Waals surface area contributed by atoms with Gasteiger partial charge in [0.15, 0.2) is 5.82 Å². The molecule has 0 fully saturated rings. The van der Waals surface area contributed by atoms with Crippen molar-refractivity contribution in [3.8, 4) is 11.4 Å². The number of aryl methyl sites for hydroxylation is 4. The number of aromatic nitrogens is 3. The van der Waals surface area contributed by atoms with E-state index in [1.165, 1.54) is 21.9 Å². The lowest BCUT2D eigenvalue weighted by Crippen LogP contribution is -1.99. The summed E-state index contributed by atoms with van der Waals surface area (Å²) in [5, 5.41) is 2.62. The second-order valence-electron chi connectivity index (χ2n) is 6.48. The monoisotopic (exact) mass is 341 g/mol. The summed E-state index contributed by atoms with van der Waals surface area (Å²) in [4.78, 5) is 12.9. The number of rotatable bonds is 1. The lowest BCUT2D eigenvalue weighted by atomic mass is 10.1. The van der Waals surface area contributed by atoms with Crippen LogP contribution in [-0.2, 0) is 0 Å². The number of hydrogen-bond donors (Lipinski definition) is 0. The number of hydrogen-bond acceptors (Lipinski definition) is 3. The Labute approximate surface area is 154 Å². The van der Waals surface area contributed by atoms with E-state index in [-0.39, 0.29) is 0 Å². The third kappa shape index (κ3) is 4.51. The normalized spacial score (nSPS) is 10.3. The van der Waals surface area contributed by atoms with Gasteiger partial charge in [-0.25, -0.2) is 15.0 Å². The fourth-order valence-corrected chi connectivity index (χ4v) is 2.98. The first kappa shape index (κ1) is 17.7. The highest BCUT2D eigenvalue weighted by atomic mass is 15.0. The van der Waals surface area contributed by atoms with E-state index in [4.69, 9.17) is 0 Å². The second kappa shape index (κ2) is 7.87. The molecule has 0 aliphatic carbocycles. The fraction of sp³-hybridized carbons (Fsp3) is 0.174. The minimum Gasteiger partial charge on any atom is -0.219 e. The summed E-state index contributed by atoms with van der Waals surface area (Å²) in [5.41, 5.74) is 3.52. The zero-order valence-corrected chi connectivity index (χ0v) is 15.7. The molecule has 26 heavy (non-hydrogen) atoms. The Morgan fingerprint density at radius 3 is 1.38 bits per heavy atom. The van der Waals surface area contributed by atoms with Gasteiger partial charge in [-0.2, -0.15) is 0 Å². The molecule has 130 valence electrons. The topological polar surface area (TPSA) is 38.7 Å². The van der Waals surface area contributed by atoms with Crippen LogP contribution >= 0.6 is 0 Å². The Bertz CT molecular complexity index is 883. The van der Waals surface area contributed by atoms with Gasteiger partial charge in [-0.05, 0) is 50.6 Å². The Kier molecular flexibility index (Phi) is 5.37. The SMILES string of the molecule is Cc1cc(C)cc(-c2nc(C)nc(C)n2)c1.c1ccc2ccccc2c1. The van der Waals surface area contributed by atoms with Gasteiger partial charge in [0.25, 0.3) is 0 Å². The van der Waals surface area contributed by atoms with Crippen molar-refractivity contribution in [3.63, 3.8) is 0 Å². The third-order valence-electron chi connectivity index (χ3n) is 4.00. The van der Waals surface area contributed by atoms with Gasteiger partial charge in [0.1, 0.15) is 11.6 Å². The Morgan fingerprint density at radius 1 is 0.538 bits per heavy atom. The van der Waals surface area contributed by atoms with Crippen LogP contribution in [0.1, 0.15) is 22.8 Å². The summed E-state index contributed by atoms with van der Waals surface area (Å²) in [5.74, 6) is 2.29. The van der Waals surface area contributed by atoms with Crippen molar-refractivity contribution in [3.05, 3.63) is 89.5 Å². The molecule has 0 saturated heterocycles. The maximum absolute atomic E-state index is 4.36. The summed E-state index contributed by atoms with van der Waals surface area (Å²) in [6.07, 6.45) is 0. The highest BCUT2D eigenvalue weighted by Gasteiger charge is 2.05. The van der Waals surface area contributed by atoms with Crippen molar-refractivity contribution >= 4 is 10.8 Å². The molecule has 3 aromatic carbocycles. The summed E-state index contributed by atoms with van der Waals surface area (Å²) in [7, 11) is 0. The summed E-state index contributed by atoms with van der Waals surface area (Å²) in [6.45, 7) is 7.94. The molecule has 4 rings (SSSR count). The summed E-state index contributed by atoms with van der Waals surface area (Å²) in [6, 6.07) is 23.1. The van der Waals surface area contributed by atoms with Crippen molar-refractivity contribution in [2.45, 2.75) is 27.7 Å². The zero-order chi connectivity index (χ0) is 18.5. The van der Waals surface area contributed by atoms with E-state index in [0.29, 0.717) is 0 Å².